The van der Waals surface area contributed by atoms with Crippen LogP contribution in [0.5, 0.6) is 0 Å². The van der Waals surface area contributed by atoms with Crippen molar-refractivity contribution >= 4 is 22.8 Å². The Bertz CT molecular complexity index is 940. The number of benzene rings is 1. The van der Waals surface area contributed by atoms with E-state index in [1.54, 1.807) is 11.0 Å². The molecule has 0 atom stereocenters. The third kappa shape index (κ3) is 4.49. The van der Waals surface area contributed by atoms with Gasteiger partial charge >= 0.3 is 0 Å². The number of aromatic nitrogens is 2. The Morgan fingerprint density at radius 2 is 1.62 bits per heavy atom. The zero-order valence-electron chi connectivity index (χ0n) is 16.8. The fourth-order valence-corrected chi connectivity index (χ4v) is 4.50. The Kier molecular flexibility index (Phi) is 5.92. The third-order valence-electron chi connectivity index (χ3n) is 6.27. The summed E-state index contributed by atoms with van der Waals surface area (Å²) in [4.78, 5) is 45.3. The molecule has 2 amide bonds. The van der Waals surface area contributed by atoms with Crippen LogP contribution >= 0.6 is 0 Å². The Balaban J connectivity index is 1.32. The molecule has 1 aromatic heterocycles. The van der Waals surface area contributed by atoms with Crippen molar-refractivity contribution in [1.82, 2.24) is 19.4 Å². The van der Waals surface area contributed by atoms with Crippen LogP contribution in [0, 0.1) is 5.92 Å². The van der Waals surface area contributed by atoms with E-state index >= 15 is 0 Å². The van der Waals surface area contributed by atoms with Crippen LogP contribution in [-0.2, 0) is 16.1 Å². The van der Waals surface area contributed by atoms with E-state index in [9.17, 15) is 14.4 Å². The smallest absolute Gasteiger partial charge is 0.269 e. The number of piperazine rings is 1. The molecule has 4 rings (SSSR count). The molecular formula is C22H28N4O3. The van der Waals surface area contributed by atoms with Gasteiger partial charge in [0.15, 0.2) is 0 Å². The average Bonchev–Trinajstić information content (AvgIpc) is 3.28. The zero-order valence-corrected chi connectivity index (χ0v) is 16.8. The van der Waals surface area contributed by atoms with Gasteiger partial charge in [0.25, 0.3) is 5.56 Å². The van der Waals surface area contributed by atoms with Crippen LogP contribution in [0.15, 0.2) is 35.3 Å². The van der Waals surface area contributed by atoms with Gasteiger partial charge in [0, 0.05) is 32.6 Å². The minimum absolute atomic E-state index is 0.00249. The number of carbonyl (C=O) groups excluding carboxylic acids is 2. The van der Waals surface area contributed by atoms with Crippen molar-refractivity contribution in [3.63, 3.8) is 0 Å². The fraction of sp³-hybridized carbons (Fsp3) is 0.545. The maximum atomic E-state index is 12.8. The first-order valence-electron chi connectivity index (χ1n) is 10.6. The van der Waals surface area contributed by atoms with E-state index in [2.05, 4.69) is 4.98 Å². The number of hydrogen-bond donors (Lipinski definition) is 0. The van der Waals surface area contributed by atoms with Gasteiger partial charge in [-0.15, -0.1) is 0 Å². The molecule has 7 heteroatoms. The molecule has 1 aromatic carbocycles. The van der Waals surface area contributed by atoms with Crippen molar-refractivity contribution in [2.75, 3.05) is 26.2 Å². The normalized spacial score (nSPS) is 17.8. The van der Waals surface area contributed by atoms with Crippen LogP contribution < -0.4 is 5.56 Å². The molecule has 0 radical (unpaired) electrons. The standard InChI is InChI=1S/C22H28N4O3/c27-20(10-9-17-5-1-2-6-17)24-11-13-25(14-12-24)22(29)16-26-19-8-4-3-7-18(19)23-15-21(26)28/h3-4,7-8,15,17H,1-2,5-6,9-14,16H2. The third-order valence-corrected chi connectivity index (χ3v) is 6.27. The molecule has 1 aliphatic carbocycles. The van der Waals surface area contributed by atoms with Gasteiger partial charge in [-0.1, -0.05) is 37.8 Å². The van der Waals surface area contributed by atoms with Crippen LogP contribution in [0.2, 0.25) is 0 Å². The van der Waals surface area contributed by atoms with Crippen molar-refractivity contribution in [1.29, 1.82) is 0 Å². The molecule has 0 unspecified atom stereocenters. The van der Waals surface area contributed by atoms with Crippen LogP contribution in [-0.4, -0.2) is 57.3 Å². The number of hydrogen-bond acceptors (Lipinski definition) is 4. The Morgan fingerprint density at radius 3 is 2.34 bits per heavy atom. The van der Waals surface area contributed by atoms with Crippen LogP contribution in [0.3, 0.4) is 0 Å². The zero-order chi connectivity index (χ0) is 20.2. The Hall–Kier alpha value is -2.70. The minimum atomic E-state index is -0.280. The molecule has 1 aliphatic heterocycles. The highest BCUT2D eigenvalue weighted by Crippen LogP contribution is 2.28. The molecule has 2 aliphatic rings. The number of amides is 2. The molecule has 1 saturated heterocycles. The van der Waals surface area contributed by atoms with Gasteiger partial charge in [0.05, 0.1) is 17.2 Å². The summed E-state index contributed by atoms with van der Waals surface area (Å²) >= 11 is 0. The highest BCUT2D eigenvalue weighted by atomic mass is 16.2. The van der Waals surface area contributed by atoms with Gasteiger partial charge < -0.3 is 9.80 Å². The molecule has 7 nitrogen and oxygen atoms in total. The molecule has 1 saturated carbocycles. The lowest BCUT2D eigenvalue weighted by Crippen LogP contribution is -2.51. The van der Waals surface area contributed by atoms with Gasteiger partial charge in [-0.2, -0.15) is 0 Å². The van der Waals surface area contributed by atoms with Crippen molar-refractivity contribution in [2.45, 2.75) is 45.1 Å². The second-order valence-corrected chi connectivity index (χ2v) is 8.12. The van der Waals surface area contributed by atoms with Gasteiger partial charge in [0.1, 0.15) is 6.54 Å². The van der Waals surface area contributed by atoms with Gasteiger partial charge in [-0.3, -0.25) is 19.0 Å². The number of para-hydroxylation sites is 2. The molecule has 2 aromatic rings. The maximum Gasteiger partial charge on any atom is 0.269 e. The fourth-order valence-electron chi connectivity index (χ4n) is 4.50. The predicted molar refractivity (Wildman–Crippen MR) is 110 cm³/mol. The number of nitrogens with zero attached hydrogens (tertiary/aromatic N) is 4. The molecule has 0 bridgehead atoms. The van der Waals surface area contributed by atoms with E-state index in [0.29, 0.717) is 43.6 Å². The van der Waals surface area contributed by atoms with E-state index in [1.165, 1.54) is 36.4 Å². The first kappa shape index (κ1) is 19.6. The largest absolute Gasteiger partial charge is 0.339 e. The SMILES string of the molecule is O=C(CCC1CCCC1)N1CCN(C(=O)Cn2c(=O)cnc3ccccc32)CC1. The van der Waals surface area contributed by atoms with Crippen molar-refractivity contribution in [3.8, 4) is 0 Å². The molecule has 154 valence electrons. The van der Waals surface area contributed by atoms with E-state index in [0.717, 1.165) is 12.3 Å². The minimum Gasteiger partial charge on any atom is -0.339 e. The van der Waals surface area contributed by atoms with E-state index in [1.807, 2.05) is 23.1 Å². The molecule has 29 heavy (non-hydrogen) atoms. The van der Waals surface area contributed by atoms with Gasteiger partial charge in [0.2, 0.25) is 11.8 Å². The van der Waals surface area contributed by atoms with Gasteiger partial charge in [-0.05, 0) is 24.5 Å². The summed E-state index contributed by atoms with van der Waals surface area (Å²) in [6.45, 7) is 2.18. The Labute approximate surface area is 170 Å². The Morgan fingerprint density at radius 1 is 0.966 bits per heavy atom. The van der Waals surface area contributed by atoms with E-state index < -0.39 is 0 Å². The molecule has 0 N–H and O–H groups in total. The summed E-state index contributed by atoms with van der Waals surface area (Å²) < 4.78 is 1.48. The van der Waals surface area contributed by atoms with Gasteiger partial charge in [-0.25, -0.2) is 4.98 Å². The summed E-state index contributed by atoms with van der Waals surface area (Å²) in [6, 6.07) is 7.32. The van der Waals surface area contributed by atoms with Crippen molar-refractivity contribution in [3.05, 3.63) is 40.8 Å². The van der Waals surface area contributed by atoms with Crippen LogP contribution in [0.25, 0.3) is 11.0 Å². The average molecular weight is 396 g/mol. The lowest BCUT2D eigenvalue weighted by atomic mass is 10.0. The summed E-state index contributed by atoms with van der Waals surface area (Å²) in [5, 5.41) is 0. The lowest BCUT2D eigenvalue weighted by Gasteiger charge is -2.35. The van der Waals surface area contributed by atoms with E-state index in [4.69, 9.17) is 0 Å². The van der Waals surface area contributed by atoms with Crippen molar-refractivity contribution in [2.24, 2.45) is 5.92 Å². The summed E-state index contributed by atoms with van der Waals surface area (Å²) in [6.07, 6.45) is 8.01. The summed E-state index contributed by atoms with van der Waals surface area (Å²) in [5.74, 6) is 0.831. The number of rotatable bonds is 5. The van der Waals surface area contributed by atoms with Crippen LogP contribution in [0.4, 0.5) is 0 Å². The van der Waals surface area contributed by atoms with Crippen LogP contribution in [0.1, 0.15) is 38.5 Å². The first-order valence-corrected chi connectivity index (χ1v) is 10.6. The molecule has 2 fully saturated rings. The second-order valence-electron chi connectivity index (χ2n) is 8.12. The summed E-state index contributed by atoms with van der Waals surface area (Å²) in [7, 11) is 0. The van der Waals surface area contributed by atoms with E-state index in [-0.39, 0.29) is 23.9 Å². The number of fused-ring (bicyclic) bond motifs is 1. The lowest BCUT2D eigenvalue weighted by molar-refractivity contribution is -0.140. The first-order chi connectivity index (χ1) is 14.1. The number of carbonyl (C=O) groups is 2. The quantitative estimate of drug-likeness (QED) is 0.775. The topological polar surface area (TPSA) is 75.5 Å². The highest BCUT2D eigenvalue weighted by molar-refractivity contribution is 5.81. The molecule has 0 spiro atoms. The monoisotopic (exact) mass is 396 g/mol. The molecule has 2 heterocycles. The second kappa shape index (κ2) is 8.76. The predicted octanol–water partition coefficient (Wildman–Crippen LogP) is 2.04. The highest BCUT2D eigenvalue weighted by Gasteiger charge is 2.25. The van der Waals surface area contributed by atoms with Crippen molar-refractivity contribution < 1.29 is 9.59 Å². The molecular weight excluding hydrogens is 368 g/mol. The maximum absolute atomic E-state index is 12.8. The summed E-state index contributed by atoms with van der Waals surface area (Å²) in [5.41, 5.74) is 1.07.